The number of nitrogens with two attached hydrogens (primary N) is 1. The lowest BCUT2D eigenvalue weighted by Crippen LogP contribution is -2.48. The molecule has 1 aliphatic rings. The number of carbonyl (C=O) groups excluding carboxylic acids is 1. The van der Waals surface area contributed by atoms with Gasteiger partial charge in [-0.2, -0.15) is 0 Å². The predicted molar refractivity (Wildman–Crippen MR) is 59.6 cm³/mol. The Labute approximate surface area is 91.8 Å². The molecule has 0 aliphatic carbocycles. The minimum atomic E-state index is 0. The van der Waals surface area contributed by atoms with Crippen LogP contribution in [0, 0.1) is 0 Å². The van der Waals surface area contributed by atoms with Gasteiger partial charge in [0.25, 0.3) is 0 Å². The Balaban J connectivity index is 0.00000169. The zero-order chi connectivity index (χ0) is 9.84. The predicted octanol–water partition coefficient (Wildman–Crippen LogP) is -0.0805. The van der Waals surface area contributed by atoms with Crippen molar-refractivity contribution < 1.29 is 4.79 Å². The van der Waals surface area contributed by atoms with Crippen molar-refractivity contribution in [2.45, 2.75) is 18.9 Å². The van der Waals surface area contributed by atoms with Gasteiger partial charge in [0.2, 0.25) is 5.91 Å². The number of nitrogens with zero attached hydrogens (tertiary/aromatic N) is 2. The highest BCUT2D eigenvalue weighted by Gasteiger charge is 2.20. The van der Waals surface area contributed by atoms with Crippen molar-refractivity contribution in [3.05, 3.63) is 0 Å². The lowest BCUT2D eigenvalue weighted by Gasteiger charge is -2.31. The summed E-state index contributed by atoms with van der Waals surface area (Å²) in [6, 6.07) is 0.180. The van der Waals surface area contributed by atoms with E-state index in [0.717, 1.165) is 25.9 Å². The normalized spacial score (nSPS) is 22.0. The van der Waals surface area contributed by atoms with Crippen molar-refractivity contribution in [1.82, 2.24) is 9.80 Å². The van der Waals surface area contributed by atoms with Crippen LogP contribution >= 0.6 is 12.4 Å². The molecule has 0 saturated carbocycles. The first-order chi connectivity index (χ1) is 6.09. The molecule has 14 heavy (non-hydrogen) atoms. The quantitative estimate of drug-likeness (QED) is 0.710. The van der Waals surface area contributed by atoms with E-state index in [2.05, 4.69) is 0 Å². The first-order valence-electron chi connectivity index (χ1n) is 4.77. The Hall–Kier alpha value is -0.320. The van der Waals surface area contributed by atoms with Gasteiger partial charge >= 0.3 is 0 Å². The molecule has 2 N–H and O–H groups in total. The van der Waals surface area contributed by atoms with E-state index < -0.39 is 0 Å². The number of likely N-dealkylation sites (tertiary alicyclic amines) is 1. The van der Waals surface area contributed by atoms with Crippen LogP contribution in [0.15, 0.2) is 0 Å². The van der Waals surface area contributed by atoms with Gasteiger partial charge in [0.15, 0.2) is 0 Å². The fourth-order valence-electron chi connectivity index (χ4n) is 1.61. The Morgan fingerprint density at radius 2 is 2.21 bits per heavy atom. The molecule has 0 aromatic rings. The van der Waals surface area contributed by atoms with Crippen LogP contribution in [-0.4, -0.2) is 55.5 Å². The fraction of sp³-hybridized carbons (Fsp3) is 0.889. The van der Waals surface area contributed by atoms with Gasteiger partial charge in [-0.05, 0) is 26.9 Å². The van der Waals surface area contributed by atoms with E-state index in [1.807, 2.05) is 23.9 Å². The highest BCUT2D eigenvalue weighted by Crippen LogP contribution is 2.08. The summed E-state index contributed by atoms with van der Waals surface area (Å²) in [7, 11) is 3.81. The van der Waals surface area contributed by atoms with E-state index >= 15 is 0 Å². The van der Waals surface area contributed by atoms with Crippen LogP contribution in [0.25, 0.3) is 0 Å². The van der Waals surface area contributed by atoms with Crippen molar-refractivity contribution >= 4 is 18.3 Å². The zero-order valence-corrected chi connectivity index (χ0v) is 9.72. The zero-order valence-electron chi connectivity index (χ0n) is 8.90. The number of amides is 1. The molecule has 0 radical (unpaired) electrons. The van der Waals surface area contributed by atoms with E-state index in [-0.39, 0.29) is 24.4 Å². The van der Waals surface area contributed by atoms with Gasteiger partial charge in [0, 0.05) is 19.1 Å². The number of hydrogen-bond donors (Lipinski definition) is 1. The molecule has 1 atom stereocenters. The summed E-state index contributed by atoms with van der Waals surface area (Å²) in [6.07, 6.45) is 2.09. The number of hydrogen-bond acceptors (Lipinski definition) is 3. The molecular formula is C9H20ClN3O. The van der Waals surface area contributed by atoms with Crippen LogP contribution in [0.1, 0.15) is 12.8 Å². The number of rotatable bonds is 2. The molecule has 1 saturated heterocycles. The van der Waals surface area contributed by atoms with Crippen LogP contribution in [0.3, 0.4) is 0 Å². The molecule has 84 valence electrons. The van der Waals surface area contributed by atoms with Crippen LogP contribution in [0.2, 0.25) is 0 Å². The van der Waals surface area contributed by atoms with Gasteiger partial charge in [-0.1, -0.05) is 0 Å². The highest BCUT2D eigenvalue weighted by atomic mass is 35.5. The van der Waals surface area contributed by atoms with Crippen molar-refractivity contribution in [3.63, 3.8) is 0 Å². The third-order valence-electron chi connectivity index (χ3n) is 2.26. The van der Waals surface area contributed by atoms with E-state index in [9.17, 15) is 4.79 Å². The van der Waals surface area contributed by atoms with E-state index in [1.54, 1.807) is 0 Å². The Morgan fingerprint density at radius 3 is 2.71 bits per heavy atom. The Bertz CT molecular complexity index is 187. The highest BCUT2D eigenvalue weighted by molar-refractivity contribution is 5.85. The molecule has 1 heterocycles. The van der Waals surface area contributed by atoms with Crippen LogP contribution in [-0.2, 0) is 4.79 Å². The van der Waals surface area contributed by atoms with Gasteiger partial charge in [0.1, 0.15) is 0 Å². The van der Waals surface area contributed by atoms with E-state index in [4.69, 9.17) is 5.73 Å². The third kappa shape index (κ3) is 4.26. The molecule has 0 bridgehead atoms. The maximum Gasteiger partial charge on any atom is 0.236 e. The lowest BCUT2D eigenvalue weighted by molar-refractivity contribution is -0.133. The van der Waals surface area contributed by atoms with E-state index in [1.165, 1.54) is 0 Å². The van der Waals surface area contributed by atoms with Crippen molar-refractivity contribution in [2.75, 3.05) is 33.7 Å². The largest absolute Gasteiger partial charge is 0.340 e. The van der Waals surface area contributed by atoms with Crippen LogP contribution < -0.4 is 5.73 Å². The molecule has 0 aromatic heterocycles. The molecule has 1 rings (SSSR count). The average molecular weight is 222 g/mol. The van der Waals surface area contributed by atoms with Crippen molar-refractivity contribution in [3.8, 4) is 0 Å². The minimum absolute atomic E-state index is 0. The van der Waals surface area contributed by atoms with Gasteiger partial charge in [-0.25, -0.2) is 0 Å². The molecule has 1 fully saturated rings. The standard InChI is InChI=1S/C9H19N3O.ClH/c1-11(2)7-9(13)12-5-3-4-8(10)6-12;/h8H,3-7,10H2,1-2H3;1H. The second kappa shape index (κ2) is 6.22. The topological polar surface area (TPSA) is 49.6 Å². The first-order valence-corrected chi connectivity index (χ1v) is 4.77. The summed E-state index contributed by atoms with van der Waals surface area (Å²) in [5.74, 6) is 0.195. The maximum atomic E-state index is 11.6. The summed E-state index contributed by atoms with van der Waals surface area (Å²) in [5, 5.41) is 0. The van der Waals surface area contributed by atoms with Crippen LogP contribution in [0.4, 0.5) is 0 Å². The summed E-state index contributed by atoms with van der Waals surface area (Å²) in [5.41, 5.74) is 5.79. The molecule has 1 aliphatic heterocycles. The number of halogens is 1. The van der Waals surface area contributed by atoms with Gasteiger partial charge in [-0.15, -0.1) is 12.4 Å². The number of carbonyl (C=O) groups is 1. The molecule has 1 amide bonds. The second-order valence-electron chi connectivity index (χ2n) is 3.98. The molecular weight excluding hydrogens is 202 g/mol. The van der Waals surface area contributed by atoms with Gasteiger partial charge in [-0.3, -0.25) is 4.79 Å². The van der Waals surface area contributed by atoms with Gasteiger partial charge in [0.05, 0.1) is 6.54 Å². The molecule has 0 aromatic carbocycles. The molecule has 0 spiro atoms. The van der Waals surface area contributed by atoms with Crippen molar-refractivity contribution in [2.24, 2.45) is 5.73 Å². The summed E-state index contributed by atoms with van der Waals surface area (Å²) >= 11 is 0. The average Bonchev–Trinajstić information content (AvgIpc) is 2.03. The summed E-state index contributed by atoms with van der Waals surface area (Å²) in [4.78, 5) is 15.3. The van der Waals surface area contributed by atoms with E-state index in [0.29, 0.717) is 6.54 Å². The number of likely N-dealkylation sites (N-methyl/N-ethyl adjacent to an activating group) is 1. The first kappa shape index (κ1) is 13.7. The second-order valence-corrected chi connectivity index (χ2v) is 3.98. The van der Waals surface area contributed by atoms with Crippen molar-refractivity contribution in [1.29, 1.82) is 0 Å². The maximum absolute atomic E-state index is 11.6. The summed E-state index contributed by atoms with van der Waals surface area (Å²) in [6.45, 7) is 2.10. The fourth-order valence-corrected chi connectivity index (χ4v) is 1.61. The lowest BCUT2D eigenvalue weighted by atomic mass is 10.1. The third-order valence-corrected chi connectivity index (χ3v) is 2.26. The summed E-state index contributed by atoms with van der Waals surface area (Å²) < 4.78 is 0. The Morgan fingerprint density at radius 1 is 1.57 bits per heavy atom. The molecule has 1 unspecified atom stereocenters. The van der Waals surface area contributed by atoms with Gasteiger partial charge < -0.3 is 15.5 Å². The Kier molecular flexibility index (Phi) is 6.08. The molecule has 4 nitrogen and oxygen atoms in total. The monoisotopic (exact) mass is 221 g/mol. The SMILES string of the molecule is CN(C)CC(=O)N1CCCC(N)C1.Cl. The minimum Gasteiger partial charge on any atom is -0.340 e. The smallest absolute Gasteiger partial charge is 0.236 e. The molecule has 5 heteroatoms. The van der Waals surface area contributed by atoms with Crippen LogP contribution in [0.5, 0.6) is 0 Å². The number of piperidine rings is 1.